The summed E-state index contributed by atoms with van der Waals surface area (Å²) >= 11 is 4.98. The van der Waals surface area contributed by atoms with E-state index < -0.39 is 17.3 Å². The number of H-pyrrole nitrogens is 1. The van der Waals surface area contributed by atoms with E-state index in [1.807, 2.05) is 0 Å². The van der Waals surface area contributed by atoms with Crippen LogP contribution in [-0.4, -0.2) is 10.5 Å². The first kappa shape index (κ1) is 11.1. The standard InChI is InChI=1S/C6H3ClF3N3S/c7-4-2(1-11)3(5(12)13-4)14-6(8,9)10/h13H,12H2. The third-order valence-corrected chi connectivity index (χ3v) is 2.41. The van der Waals surface area contributed by atoms with Crippen LogP contribution in [-0.2, 0) is 0 Å². The van der Waals surface area contributed by atoms with Crippen LogP contribution in [0.4, 0.5) is 19.0 Å². The molecule has 0 aliphatic carbocycles. The Balaban J connectivity index is 3.15. The average Bonchev–Trinajstić information content (AvgIpc) is 2.24. The summed E-state index contributed by atoms with van der Waals surface area (Å²) in [6, 6.07) is 1.54. The Bertz CT molecular complexity index is 392. The molecule has 8 heteroatoms. The van der Waals surface area contributed by atoms with Gasteiger partial charge in [0.15, 0.2) is 0 Å². The quantitative estimate of drug-likeness (QED) is 0.743. The highest BCUT2D eigenvalue weighted by Gasteiger charge is 2.33. The second-order valence-electron chi connectivity index (χ2n) is 2.22. The molecule has 0 aromatic carbocycles. The highest BCUT2D eigenvalue weighted by atomic mass is 35.5. The van der Waals surface area contributed by atoms with Crippen molar-refractivity contribution in [1.82, 2.24) is 4.98 Å². The summed E-state index contributed by atoms with van der Waals surface area (Å²) in [5.41, 5.74) is 0.433. The Morgan fingerprint density at radius 1 is 1.50 bits per heavy atom. The molecular weight excluding hydrogens is 239 g/mol. The lowest BCUT2D eigenvalue weighted by molar-refractivity contribution is -0.0328. The lowest BCUT2D eigenvalue weighted by Gasteiger charge is -2.04. The molecule has 0 atom stereocenters. The number of hydrogen-bond donors (Lipinski definition) is 2. The number of nitrogens with one attached hydrogen (secondary N) is 1. The number of nitrogen functional groups attached to an aromatic ring is 1. The van der Waals surface area contributed by atoms with Crippen molar-refractivity contribution >= 4 is 29.2 Å². The molecule has 0 amide bonds. The minimum Gasteiger partial charge on any atom is -0.384 e. The van der Waals surface area contributed by atoms with Crippen LogP contribution in [0.25, 0.3) is 0 Å². The van der Waals surface area contributed by atoms with Crippen molar-refractivity contribution < 1.29 is 13.2 Å². The molecule has 1 rings (SSSR count). The van der Waals surface area contributed by atoms with E-state index in [1.165, 1.54) is 0 Å². The summed E-state index contributed by atoms with van der Waals surface area (Å²) in [6.07, 6.45) is 0. The van der Waals surface area contributed by atoms with Crippen molar-refractivity contribution in [1.29, 1.82) is 5.26 Å². The van der Waals surface area contributed by atoms with Crippen molar-refractivity contribution in [2.75, 3.05) is 5.73 Å². The fraction of sp³-hybridized carbons (Fsp3) is 0.167. The topological polar surface area (TPSA) is 65.6 Å². The maximum atomic E-state index is 12.0. The Labute approximate surface area is 86.0 Å². The Hall–Kier alpha value is -1.00. The van der Waals surface area contributed by atoms with Crippen LogP contribution in [0.5, 0.6) is 0 Å². The lowest BCUT2D eigenvalue weighted by Crippen LogP contribution is -2.01. The van der Waals surface area contributed by atoms with Gasteiger partial charge in [0.25, 0.3) is 0 Å². The van der Waals surface area contributed by atoms with Crippen LogP contribution in [0, 0.1) is 11.3 Å². The van der Waals surface area contributed by atoms with Gasteiger partial charge in [0, 0.05) is 0 Å². The monoisotopic (exact) mass is 241 g/mol. The second kappa shape index (κ2) is 3.63. The van der Waals surface area contributed by atoms with E-state index in [-0.39, 0.29) is 21.4 Å². The molecule has 0 spiro atoms. The third-order valence-electron chi connectivity index (χ3n) is 1.27. The van der Waals surface area contributed by atoms with Crippen LogP contribution >= 0.6 is 23.4 Å². The molecule has 3 nitrogen and oxygen atoms in total. The van der Waals surface area contributed by atoms with Gasteiger partial charge in [-0.2, -0.15) is 18.4 Å². The van der Waals surface area contributed by atoms with Crippen LogP contribution in [0.1, 0.15) is 5.56 Å². The summed E-state index contributed by atoms with van der Waals surface area (Å²) in [6.45, 7) is 0. The van der Waals surface area contributed by atoms with Crippen LogP contribution in [0.3, 0.4) is 0 Å². The highest BCUT2D eigenvalue weighted by molar-refractivity contribution is 8.00. The average molecular weight is 242 g/mol. The molecule has 0 fully saturated rings. The molecule has 0 saturated carbocycles. The Morgan fingerprint density at radius 3 is 2.50 bits per heavy atom. The summed E-state index contributed by atoms with van der Waals surface area (Å²) in [7, 11) is 0. The molecular formula is C6H3ClF3N3S. The van der Waals surface area contributed by atoms with Gasteiger partial charge in [0.1, 0.15) is 22.6 Å². The number of nitrogens with two attached hydrogens (primary N) is 1. The largest absolute Gasteiger partial charge is 0.446 e. The first-order valence-electron chi connectivity index (χ1n) is 3.18. The van der Waals surface area contributed by atoms with Crippen molar-refractivity contribution in [2.24, 2.45) is 0 Å². The van der Waals surface area contributed by atoms with Crippen LogP contribution in [0.2, 0.25) is 5.15 Å². The number of rotatable bonds is 1. The maximum Gasteiger partial charge on any atom is 0.446 e. The lowest BCUT2D eigenvalue weighted by atomic mass is 10.4. The molecule has 1 aromatic rings. The SMILES string of the molecule is N#Cc1c(Cl)[nH]c(N)c1SC(F)(F)F. The van der Waals surface area contributed by atoms with Gasteiger partial charge in [-0.1, -0.05) is 11.6 Å². The van der Waals surface area contributed by atoms with E-state index in [4.69, 9.17) is 22.6 Å². The summed E-state index contributed by atoms with van der Waals surface area (Å²) in [5, 5.41) is 8.34. The number of thioether (sulfide) groups is 1. The number of nitrogens with zero attached hydrogens (tertiary/aromatic N) is 1. The third kappa shape index (κ3) is 2.27. The molecule has 0 bridgehead atoms. The molecule has 0 aliphatic heterocycles. The van der Waals surface area contributed by atoms with Crippen molar-refractivity contribution in [3.05, 3.63) is 10.7 Å². The first-order valence-corrected chi connectivity index (χ1v) is 4.37. The molecule has 0 unspecified atom stereocenters. The minimum absolute atomic E-state index is 0.184. The number of hydrogen-bond acceptors (Lipinski definition) is 3. The van der Waals surface area contributed by atoms with Crippen molar-refractivity contribution in [3.63, 3.8) is 0 Å². The molecule has 1 aromatic heterocycles. The van der Waals surface area contributed by atoms with Gasteiger partial charge < -0.3 is 10.7 Å². The van der Waals surface area contributed by atoms with Gasteiger partial charge in [-0.3, -0.25) is 0 Å². The van der Waals surface area contributed by atoms with Crippen molar-refractivity contribution in [3.8, 4) is 6.07 Å². The highest BCUT2D eigenvalue weighted by Crippen LogP contribution is 2.43. The van der Waals surface area contributed by atoms with Crippen LogP contribution in [0.15, 0.2) is 4.90 Å². The van der Waals surface area contributed by atoms with Crippen LogP contribution < -0.4 is 5.73 Å². The predicted molar refractivity (Wildman–Crippen MR) is 46.8 cm³/mol. The zero-order valence-corrected chi connectivity index (χ0v) is 8.02. The smallest absolute Gasteiger partial charge is 0.384 e. The predicted octanol–water partition coefficient (Wildman–Crippen LogP) is 2.73. The number of nitriles is 1. The van der Waals surface area contributed by atoms with E-state index >= 15 is 0 Å². The van der Waals surface area contributed by atoms with Gasteiger partial charge in [0.2, 0.25) is 0 Å². The zero-order chi connectivity index (χ0) is 10.9. The van der Waals surface area contributed by atoms with E-state index in [0.29, 0.717) is 0 Å². The van der Waals surface area contributed by atoms with E-state index in [2.05, 4.69) is 4.98 Å². The molecule has 1 heterocycles. The molecule has 0 radical (unpaired) electrons. The number of aromatic amines is 1. The fourth-order valence-electron chi connectivity index (χ4n) is 0.793. The van der Waals surface area contributed by atoms with E-state index in [9.17, 15) is 13.2 Å². The first-order chi connectivity index (χ1) is 6.35. The van der Waals surface area contributed by atoms with E-state index in [1.54, 1.807) is 6.07 Å². The van der Waals surface area contributed by atoms with Gasteiger partial charge in [0.05, 0.1) is 4.90 Å². The molecule has 0 aliphatic rings. The normalized spacial score (nSPS) is 11.4. The number of alkyl halides is 3. The summed E-state index contributed by atoms with van der Waals surface area (Å²) in [5.74, 6) is -0.256. The number of anilines is 1. The number of halogens is 4. The molecule has 14 heavy (non-hydrogen) atoms. The fourth-order valence-corrected chi connectivity index (χ4v) is 1.73. The second-order valence-corrected chi connectivity index (χ2v) is 3.67. The van der Waals surface area contributed by atoms with E-state index in [0.717, 1.165) is 0 Å². The Kier molecular flexibility index (Phi) is 2.87. The number of aromatic nitrogens is 1. The van der Waals surface area contributed by atoms with Crippen molar-refractivity contribution in [2.45, 2.75) is 10.4 Å². The minimum atomic E-state index is -4.49. The Morgan fingerprint density at radius 2 is 2.07 bits per heavy atom. The molecule has 0 saturated heterocycles. The van der Waals surface area contributed by atoms with Gasteiger partial charge in [-0.25, -0.2) is 0 Å². The summed E-state index contributed by atoms with van der Waals surface area (Å²) in [4.78, 5) is 1.87. The molecule has 76 valence electrons. The molecule has 3 N–H and O–H groups in total. The van der Waals surface area contributed by atoms with Gasteiger partial charge >= 0.3 is 5.51 Å². The van der Waals surface area contributed by atoms with Gasteiger partial charge in [-0.05, 0) is 11.8 Å². The van der Waals surface area contributed by atoms with Gasteiger partial charge in [-0.15, -0.1) is 0 Å². The zero-order valence-electron chi connectivity index (χ0n) is 6.44. The summed E-state index contributed by atoms with van der Waals surface area (Å²) < 4.78 is 36.0. The maximum absolute atomic E-state index is 12.0.